The number of isocyanates is 1. The van der Waals surface area contributed by atoms with Crippen LogP contribution in [0, 0.1) is 56.7 Å². The standard InChI is InChI=1S/C25H18BrN2P.C15H10BrN5.C15H7BrN4.C8H4N2O.H3N/c26-24-18-10-11-20(19-27)25(24)28-29(21-12-4-1-5-13-21,22-14-6-2-7-15-22)23-16-8-3-9-17-23;16-12-3-1-2-11-13(12)20-15(21-14(11)18)19-10-6-4-9(8-17)5-7-10;16-14-3-1-2-12(9-18)15(14)20-10-19-13-6-4-11(8-17)5-7-13;9-5-7-1-3-8(4-2-7)10-6-11;/h1-18H;1-7H,(H3,18,19,20,21);1-7H;1-4H;1H3. The van der Waals surface area contributed by atoms with E-state index in [0.29, 0.717) is 66.8 Å². The summed E-state index contributed by atoms with van der Waals surface area (Å²) in [4.78, 5) is 29.9. The lowest BCUT2D eigenvalue weighted by atomic mass is 10.2. The molecule has 9 aromatic carbocycles. The first-order chi connectivity index (χ1) is 39.5. The average molecular weight is 1280 g/mol. The second-order valence-corrected chi connectivity index (χ2v) is 22.0. The molecule has 0 bridgehead atoms. The number of para-hydroxylation sites is 2. The van der Waals surface area contributed by atoms with Gasteiger partial charge in [0.1, 0.15) is 29.7 Å². The molecule has 10 aromatic rings. The van der Waals surface area contributed by atoms with Crippen LogP contribution in [0.15, 0.2) is 252 Å². The van der Waals surface area contributed by atoms with Crippen LogP contribution in [0.1, 0.15) is 27.8 Å². The third-order valence-electron chi connectivity index (χ3n) is 11.3. The van der Waals surface area contributed by atoms with Crippen LogP contribution >= 0.6 is 54.8 Å². The summed E-state index contributed by atoms with van der Waals surface area (Å²) in [6, 6.07) is 80.9. The van der Waals surface area contributed by atoms with Crippen molar-refractivity contribution >= 4 is 134 Å². The van der Waals surface area contributed by atoms with Gasteiger partial charge in [0.15, 0.2) is 0 Å². The SMILES string of the molecule is N.N#Cc1ccc(N=C=Nc2c(Br)cccc2C#N)cc1.N#Cc1ccc(N=C=O)cc1.N#Cc1ccc(Nc2nc(N)c3cccc(Br)c3n2)cc1.N#Cc1cccc(Br)c1N=P(c1ccccc1)(c1ccccc1)c1ccccc1. The number of halogens is 3. The Morgan fingerprint density at radius 2 is 0.878 bits per heavy atom. The minimum Gasteiger partial charge on any atom is -0.383 e. The van der Waals surface area contributed by atoms with Crippen LogP contribution in [0.3, 0.4) is 0 Å². The fraction of sp³-hybridized carbons (Fsp3) is 0. The zero-order valence-corrected chi connectivity index (χ0v) is 48.6. The minimum absolute atomic E-state index is 0. The normalized spacial score (nSPS) is 9.73. The molecule has 1 heterocycles. The molecule has 0 aliphatic rings. The summed E-state index contributed by atoms with van der Waals surface area (Å²) >= 11 is 10.4. The van der Waals surface area contributed by atoms with Crippen molar-refractivity contribution < 1.29 is 4.79 Å². The van der Waals surface area contributed by atoms with Crippen LogP contribution in [-0.2, 0) is 4.79 Å². The molecule has 1 aromatic heterocycles. The molecule has 0 unspecified atom stereocenters. The molecule has 6 N–H and O–H groups in total. The Morgan fingerprint density at radius 1 is 0.451 bits per heavy atom. The first kappa shape index (κ1) is 61.0. The predicted octanol–water partition coefficient (Wildman–Crippen LogP) is 15.7. The molecule has 0 radical (unpaired) electrons. The molecule has 396 valence electrons. The summed E-state index contributed by atoms with van der Waals surface area (Å²) in [5, 5.41) is 51.9. The number of benzene rings is 9. The van der Waals surface area contributed by atoms with Gasteiger partial charge in [-0.25, -0.2) is 9.78 Å². The maximum Gasteiger partial charge on any atom is 0.240 e. The summed E-state index contributed by atoms with van der Waals surface area (Å²) < 4.78 is 7.80. The lowest BCUT2D eigenvalue weighted by molar-refractivity contribution is 0.565. The van der Waals surface area contributed by atoms with Gasteiger partial charge in [-0.2, -0.15) is 46.3 Å². The number of carbonyl (C=O) groups excluding carboxylic acids is 1. The quantitative estimate of drug-likeness (QED) is 0.0693. The molecule has 0 amide bonds. The number of nitrogens with zero attached hydrogens (tertiary/aromatic N) is 11. The van der Waals surface area contributed by atoms with Gasteiger partial charge in [-0.15, -0.1) is 0 Å². The highest BCUT2D eigenvalue weighted by Crippen LogP contribution is 2.51. The van der Waals surface area contributed by atoms with Gasteiger partial charge in [-0.05, 0) is 157 Å². The maximum atomic E-state index is 9.77. The zero-order chi connectivity index (χ0) is 57.4. The molecule has 15 nitrogen and oxygen atoms in total. The van der Waals surface area contributed by atoms with Crippen LogP contribution in [0.2, 0.25) is 0 Å². The van der Waals surface area contributed by atoms with Gasteiger partial charge in [-0.3, -0.25) is 4.74 Å². The van der Waals surface area contributed by atoms with Gasteiger partial charge in [0.05, 0.1) is 75.7 Å². The van der Waals surface area contributed by atoms with Crippen LogP contribution in [-0.4, -0.2) is 22.1 Å². The van der Waals surface area contributed by atoms with Crippen LogP contribution in [0.25, 0.3) is 10.9 Å². The predicted molar refractivity (Wildman–Crippen MR) is 335 cm³/mol. The largest absolute Gasteiger partial charge is 0.383 e. The molecule has 19 heteroatoms. The lowest BCUT2D eigenvalue weighted by Crippen LogP contribution is -2.25. The number of fused-ring (bicyclic) bond motifs is 1. The third kappa shape index (κ3) is 16.0. The average Bonchev–Trinajstić information content (AvgIpc) is 2.37. The Hall–Kier alpha value is -10.2. The van der Waals surface area contributed by atoms with E-state index in [-0.39, 0.29) is 6.15 Å². The molecule has 0 saturated carbocycles. The number of nitrogens with two attached hydrogens (primary N) is 1. The number of aromatic nitrogens is 2. The van der Waals surface area contributed by atoms with Gasteiger partial charge >= 0.3 is 0 Å². The Kier molecular flexibility index (Phi) is 22.9. The van der Waals surface area contributed by atoms with Crippen molar-refractivity contribution in [1.82, 2.24) is 16.1 Å². The first-order valence-electron chi connectivity index (χ1n) is 23.9. The molecular formula is C63H42Br3N14OP. The number of rotatable bonds is 9. The second kappa shape index (κ2) is 30.8. The van der Waals surface area contributed by atoms with E-state index in [9.17, 15) is 10.1 Å². The van der Waals surface area contributed by atoms with Gasteiger partial charge in [-0.1, -0.05) is 109 Å². The monoisotopic (exact) mass is 1280 g/mol. The minimum atomic E-state index is -2.40. The molecular weight excluding hydrogens is 1240 g/mol. The van der Waals surface area contributed by atoms with Crippen molar-refractivity contribution in [3.8, 4) is 30.3 Å². The summed E-state index contributed by atoms with van der Waals surface area (Å²) in [5.74, 6) is 0.828. The van der Waals surface area contributed by atoms with Crippen molar-refractivity contribution in [2.45, 2.75) is 0 Å². The number of nitriles is 5. The molecule has 0 fully saturated rings. The molecule has 82 heavy (non-hydrogen) atoms. The van der Waals surface area contributed by atoms with Gasteiger partial charge < -0.3 is 17.2 Å². The van der Waals surface area contributed by atoms with Gasteiger partial charge in [0, 0.05) is 40.4 Å². The lowest BCUT2D eigenvalue weighted by Gasteiger charge is -2.27. The highest BCUT2D eigenvalue weighted by atomic mass is 79.9. The Balaban J connectivity index is 0.000000183. The van der Waals surface area contributed by atoms with E-state index in [0.717, 1.165) is 41.4 Å². The Labute approximate surface area is 498 Å². The molecule has 0 spiro atoms. The topological polar surface area (TPSA) is 284 Å². The fourth-order valence-corrected chi connectivity index (χ4v) is 12.6. The van der Waals surface area contributed by atoms with E-state index in [1.807, 2.05) is 66.7 Å². The highest BCUT2D eigenvalue weighted by molar-refractivity contribution is 9.11. The number of anilines is 3. The molecule has 0 aliphatic heterocycles. The first-order valence-corrected chi connectivity index (χ1v) is 28.1. The fourth-order valence-electron chi connectivity index (χ4n) is 7.49. The van der Waals surface area contributed by atoms with Crippen molar-refractivity contribution in [3.05, 3.63) is 260 Å². The van der Waals surface area contributed by atoms with Crippen molar-refractivity contribution in [2.75, 3.05) is 11.1 Å². The highest BCUT2D eigenvalue weighted by Gasteiger charge is 2.28. The van der Waals surface area contributed by atoms with E-state index >= 15 is 0 Å². The van der Waals surface area contributed by atoms with Gasteiger partial charge in [0.2, 0.25) is 12.0 Å². The number of nitrogens with one attached hydrogen (secondary N) is 1. The van der Waals surface area contributed by atoms with Crippen molar-refractivity contribution in [1.29, 1.82) is 26.3 Å². The van der Waals surface area contributed by atoms with Crippen molar-refractivity contribution in [2.24, 2.45) is 19.7 Å². The smallest absolute Gasteiger partial charge is 0.240 e. The van der Waals surface area contributed by atoms with E-state index in [2.05, 4.69) is 175 Å². The van der Waals surface area contributed by atoms with E-state index in [4.69, 9.17) is 31.5 Å². The number of hydrogen-bond acceptors (Lipinski definition) is 15. The van der Waals surface area contributed by atoms with E-state index in [1.165, 1.54) is 6.08 Å². The van der Waals surface area contributed by atoms with Gasteiger partial charge in [0.25, 0.3) is 0 Å². The van der Waals surface area contributed by atoms with E-state index in [1.54, 1.807) is 91.0 Å². The Bertz CT molecular complexity index is 4140. The molecule has 0 saturated heterocycles. The van der Waals surface area contributed by atoms with Crippen LogP contribution < -0.4 is 33.1 Å². The molecule has 0 atom stereocenters. The third-order valence-corrected chi connectivity index (χ3v) is 16.9. The van der Waals surface area contributed by atoms with Crippen LogP contribution in [0.4, 0.5) is 40.2 Å². The number of aliphatic imine (C=N–C) groups is 3. The number of nitrogen functional groups attached to an aromatic ring is 1. The number of hydrogen-bond donors (Lipinski definition) is 3. The van der Waals surface area contributed by atoms with Crippen LogP contribution in [0.5, 0.6) is 0 Å². The zero-order valence-electron chi connectivity index (χ0n) is 43.0. The maximum absolute atomic E-state index is 9.77. The summed E-state index contributed by atoms with van der Waals surface area (Å²) in [7, 11) is -2.40. The van der Waals surface area contributed by atoms with E-state index < -0.39 is 7.05 Å². The second-order valence-electron chi connectivity index (χ2n) is 16.5. The summed E-state index contributed by atoms with van der Waals surface area (Å²) in [6.07, 6.45) is 1.41. The molecule has 10 rings (SSSR count). The Morgan fingerprint density at radius 3 is 1.34 bits per heavy atom. The van der Waals surface area contributed by atoms with Crippen molar-refractivity contribution in [3.63, 3.8) is 0 Å². The molecule has 0 aliphatic carbocycles. The summed E-state index contributed by atoms with van der Waals surface area (Å²) in [5.41, 5.74) is 12.6. The summed E-state index contributed by atoms with van der Waals surface area (Å²) in [6.45, 7) is 0.